The van der Waals surface area contributed by atoms with E-state index in [2.05, 4.69) is 5.32 Å². The third kappa shape index (κ3) is 2.70. The lowest BCUT2D eigenvalue weighted by molar-refractivity contribution is 0.334. The van der Waals surface area contributed by atoms with Crippen molar-refractivity contribution in [3.8, 4) is 0 Å². The number of nitrogens with one attached hydrogen (secondary N) is 1. The molecule has 0 aromatic carbocycles. The van der Waals surface area contributed by atoms with Crippen LogP contribution in [0, 0.1) is 0 Å². The van der Waals surface area contributed by atoms with Crippen LogP contribution in [0.5, 0.6) is 0 Å². The Balaban J connectivity index is 0.00000128. The number of fused-ring (bicyclic) bond motifs is 2. The van der Waals surface area contributed by atoms with Gasteiger partial charge in [0.1, 0.15) is 0 Å². The summed E-state index contributed by atoms with van der Waals surface area (Å²) in [4.78, 5) is 0. The van der Waals surface area contributed by atoms with E-state index in [4.69, 9.17) is 0 Å². The summed E-state index contributed by atoms with van der Waals surface area (Å²) in [6.45, 7) is 3.72. The van der Waals surface area contributed by atoms with Crippen LogP contribution < -0.4 is 5.32 Å². The zero-order valence-corrected chi connectivity index (χ0v) is 11.3. The van der Waals surface area contributed by atoms with Crippen molar-refractivity contribution in [2.24, 2.45) is 0 Å². The normalized spacial score (nSPS) is 30.8. The van der Waals surface area contributed by atoms with Gasteiger partial charge >= 0.3 is 0 Å². The molecule has 2 unspecified atom stereocenters. The van der Waals surface area contributed by atoms with E-state index in [0.717, 1.165) is 32.4 Å². The van der Waals surface area contributed by atoms with Crippen LogP contribution >= 0.6 is 12.4 Å². The number of nitrogens with zero attached hydrogens (tertiary/aromatic N) is 1. The van der Waals surface area contributed by atoms with Gasteiger partial charge < -0.3 is 5.32 Å². The standard InChI is InChI=1S/C10H20N2O2S.ClH/c1-2-7-15(13,14)12-9-3-4-10(12)8-11-6-5-9;/h9-11H,2-8H2,1H3;1H. The van der Waals surface area contributed by atoms with Crippen LogP contribution in [0.15, 0.2) is 0 Å². The summed E-state index contributed by atoms with van der Waals surface area (Å²) >= 11 is 0. The third-order valence-electron chi connectivity index (χ3n) is 3.37. The highest BCUT2D eigenvalue weighted by Gasteiger charge is 2.41. The van der Waals surface area contributed by atoms with Crippen LogP contribution in [0.25, 0.3) is 0 Å². The molecule has 4 nitrogen and oxygen atoms in total. The molecule has 2 atom stereocenters. The van der Waals surface area contributed by atoms with Crippen LogP contribution in [-0.2, 0) is 10.0 Å². The maximum absolute atomic E-state index is 12.1. The van der Waals surface area contributed by atoms with Gasteiger partial charge in [0, 0.05) is 18.6 Å². The molecule has 0 aromatic heterocycles. The van der Waals surface area contributed by atoms with Crippen molar-refractivity contribution < 1.29 is 8.42 Å². The highest BCUT2D eigenvalue weighted by atomic mass is 35.5. The van der Waals surface area contributed by atoms with Gasteiger partial charge in [-0.05, 0) is 32.2 Å². The van der Waals surface area contributed by atoms with Gasteiger partial charge in [-0.15, -0.1) is 12.4 Å². The van der Waals surface area contributed by atoms with E-state index in [9.17, 15) is 8.42 Å². The van der Waals surface area contributed by atoms with Gasteiger partial charge in [0.2, 0.25) is 10.0 Å². The molecule has 96 valence electrons. The van der Waals surface area contributed by atoms with E-state index in [1.807, 2.05) is 6.92 Å². The molecule has 16 heavy (non-hydrogen) atoms. The maximum atomic E-state index is 12.1. The molecule has 0 aliphatic carbocycles. The van der Waals surface area contributed by atoms with Crippen molar-refractivity contribution in [2.75, 3.05) is 18.8 Å². The Bertz CT molecular complexity index is 307. The van der Waals surface area contributed by atoms with Gasteiger partial charge in [-0.1, -0.05) is 6.92 Å². The second-order valence-corrected chi connectivity index (χ2v) is 6.52. The SMILES string of the molecule is CCCS(=O)(=O)N1C2CCNCC1CC2.Cl. The van der Waals surface area contributed by atoms with Crippen molar-refractivity contribution in [1.82, 2.24) is 9.62 Å². The molecule has 6 heteroatoms. The summed E-state index contributed by atoms with van der Waals surface area (Å²) in [6.07, 6.45) is 3.76. The molecule has 2 rings (SSSR count). The molecule has 2 aliphatic rings. The summed E-state index contributed by atoms with van der Waals surface area (Å²) < 4.78 is 26.0. The molecule has 1 N–H and O–H groups in total. The fourth-order valence-corrected chi connectivity index (χ4v) is 4.78. The van der Waals surface area contributed by atoms with Crippen LogP contribution in [-0.4, -0.2) is 43.6 Å². The summed E-state index contributed by atoms with van der Waals surface area (Å²) in [5.41, 5.74) is 0. The number of rotatable bonds is 3. The first-order valence-corrected chi connectivity index (χ1v) is 7.48. The first kappa shape index (κ1) is 14.2. The predicted octanol–water partition coefficient (Wildman–Crippen LogP) is 0.974. The van der Waals surface area contributed by atoms with Crippen LogP contribution in [0.2, 0.25) is 0 Å². The Morgan fingerprint density at radius 3 is 2.62 bits per heavy atom. The third-order valence-corrected chi connectivity index (χ3v) is 5.53. The molecule has 0 aromatic rings. The molecule has 0 spiro atoms. The first-order valence-electron chi connectivity index (χ1n) is 5.87. The highest BCUT2D eigenvalue weighted by Crippen LogP contribution is 2.30. The lowest BCUT2D eigenvalue weighted by Crippen LogP contribution is -2.43. The topological polar surface area (TPSA) is 49.4 Å². The molecule has 0 radical (unpaired) electrons. The summed E-state index contributed by atoms with van der Waals surface area (Å²) in [5.74, 6) is 0.306. The van der Waals surface area contributed by atoms with Gasteiger partial charge in [-0.3, -0.25) is 0 Å². The minimum Gasteiger partial charge on any atom is -0.315 e. The fraction of sp³-hybridized carbons (Fsp3) is 1.00. The average Bonchev–Trinajstić information content (AvgIpc) is 2.40. The molecular formula is C10H21ClN2O2S. The van der Waals surface area contributed by atoms with Crippen molar-refractivity contribution >= 4 is 22.4 Å². The molecule has 2 saturated heterocycles. The monoisotopic (exact) mass is 268 g/mol. The highest BCUT2D eigenvalue weighted by molar-refractivity contribution is 7.89. The Kier molecular flexibility index (Phi) is 5.04. The van der Waals surface area contributed by atoms with Gasteiger partial charge in [0.05, 0.1) is 5.75 Å². The summed E-state index contributed by atoms with van der Waals surface area (Å²) in [5, 5.41) is 3.32. The Morgan fingerprint density at radius 2 is 1.94 bits per heavy atom. The van der Waals surface area contributed by atoms with Crippen LogP contribution in [0.1, 0.15) is 32.6 Å². The molecule has 2 fully saturated rings. The number of halogens is 1. The minimum absolute atomic E-state index is 0. The van der Waals surface area contributed by atoms with E-state index in [1.165, 1.54) is 0 Å². The Morgan fingerprint density at radius 1 is 1.25 bits per heavy atom. The predicted molar refractivity (Wildman–Crippen MR) is 67.5 cm³/mol. The van der Waals surface area contributed by atoms with Crippen LogP contribution in [0.4, 0.5) is 0 Å². The zero-order valence-electron chi connectivity index (χ0n) is 9.68. The molecular weight excluding hydrogens is 248 g/mol. The smallest absolute Gasteiger partial charge is 0.214 e. The second-order valence-electron chi connectivity index (χ2n) is 4.52. The van der Waals surface area contributed by atoms with E-state index in [-0.39, 0.29) is 24.5 Å². The molecule has 0 amide bonds. The second kappa shape index (κ2) is 5.67. The molecule has 0 saturated carbocycles. The van der Waals surface area contributed by atoms with E-state index < -0.39 is 10.0 Å². The number of hydrogen-bond donors (Lipinski definition) is 1. The molecule has 2 heterocycles. The van der Waals surface area contributed by atoms with E-state index >= 15 is 0 Å². The van der Waals surface area contributed by atoms with Gasteiger partial charge in [0.25, 0.3) is 0 Å². The summed E-state index contributed by atoms with van der Waals surface area (Å²) in [7, 11) is -3.00. The van der Waals surface area contributed by atoms with E-state index in [1.54, 1.807) is 4.31 Å². The summed E-state index contributed by atoms with van der Waals surface area (Å²) in [6, 6.07) is 0.482. The van der Waals surface area contributed by atoms with Crippen LogP contribution in [0.3, 0.4) is 0 Å². The average molecular weight is 269 g/mol. The van der Waals surface area contributed by atoms with Crippen molar-refractivity contribution in [3.63, 3.8) is 0 Å². The van der Waals surface area contributed by atoms with Crippen molar-refractivity contribution in [2.45, 2.75) is 44.7 Å². The zero-order chi connectivity index (χ0) is 10.9. The maximum Gasteiger partial charge on any atom is 0.214 e. The van der Waals surface area contributed by atoms with Gasteiger partial charge in [-0.2, -0.15) is 4.31 Å². The minimum atomic E-state index is -3.00. The first-order chi connectivity index (χ1) is 7.15. The van der Waals surface area contributed by atoms with Crippen molar-refractivity contribution in [1.29, 1.82) is 0 Å². The molecule has 2 bridgehead atoms. The molecule has 2 aliphatic heterocycles. The Hall–Kier alpha value is 0.160. The number of hydrogen-bond acceptors (Lipinski definition) is 3. The van der Waals surface area contributed by atoms with E-state index in [0.29, 0.717) is 12.2 Å². The quantitative estimate of drug-likeness (QED) is 0.830. The number of sulfonamides is 1. The fourth-order valence-electron chi connectivity index (χ4n) is 2.76. The lowest BCUT2D eigenvalue weighted by Gasteiger charge is -2.26. The largest absolute Gasteiger partial charge is 0.315 e. The van der Waals surface area contributed by atoms with Crippen molar-refractivity contribution in [3.05, 3.63) is 0 Å². The Labute approximate surface area is 104 Å². The van der Waals surface area contributed by atoms with Gasteiger partial charge in [-0.25, -0.2) is 8.42 Å². The lowest BCUT2D eigenvalue weighted by atomic mass is 10.1. The van der Waals surface area contributed by atoms with Gasteiger partial charge in [0.15, 0.2) is 0 Å².